The number of nitro groups is 1. The summed E-state index contributed by atoms with van der Waals surface area (Å²) in [5, 5.41) is 14.2. The minimum absolute atomic E-state index is 0.0953. The van der Waals surface area contributed by atoms with Gasteiger partial charge < -0.3 is 15.1 Å². The summed E-state index contributed by atoms with van der Waals surface area (Å²) in [6, 6.07) is 13.8. The van der Waals surface area contributed by atoms with Gasteiger partial charge in [-0.05, 0) is 24.3 Å². The van der Waals surface area contributed by atoms with Crippen LogP contribution >= 0.6 is 0 Å². The molecule has 9 nitrogen and oxygen atoms in total. The minimum Gasteiger partial charge on any atom is -0.372 e. The lowest BCUT2D eigenvalue weighted by atomic mass is 10.1. The molecule has 0 bridgehead atoms. The molecule has 30 heavy (non-hydrogen) atoms. The maximum atomic E-state index is 12.8. The molecule has 1 N–H and O–H groups in total. The smallest absolute Gasteiger partial charge is 0.293 e. The highest BCUT2D eigenvalue weighted by atomic mass is 16.6. The summed E-state index contributed by atoms with van der Waals surface area (Å²) in [5.74, 6) is -0.340. The van der Waals surface area contributed by atoms with Crippen LogP contribution in [0.2, 0.25) is 0 Å². The van der Waals surface area contributed by atoms with Crippen LogP contribution in [0.3, 0.4) is 0 Å². The molecule has 2 amide bonds. The van der Waals surface area contributed by atoms with Crippen molar-refractivity contribution in [3.05, 3.63) is 64.2 Å². The number of hydrogen-bond acceptors (Lipinski definition) is 6. The first-order chi connectivity index (χ1) is 14.3. The zero-order valence-corrected chi connectivity index (χ0v) is 17.1. The number of anilines is 2. The fourth-order valence-corrected chi connectivity index (χ4v) is 3.40. The number of rotatable bonds is 6. The molecule has 2 aromatic carbocycles. The molecule has 3 rings (SSSR count). The number of benzene rings is 2. The highest BCUT2D eigenvalue weighted by molar-refractivity contribution is 5.96. The number of amides is 2. The third kappa shape index (κ3) is 5.12. The van der Waals surface area contributed by atoms with Crippen molar-refractivity contribution in [1.82, 2.24) is 9.80 Å². The highest BCUT2D eigenvalue weighted by Crippen LogP contribution is 2.28. The molecule has 1 aliphatic rings. The van der Waals surface area contributed by atoms with E-state index in [0.717, 1.165) is 5.69 Å². The van der Waals surface area contributed by atoms with Crippen LogP contribution in [0.25, 0.3) is 0 Å². The Kier molecular flexibility index (Phi) is 6.63. The van der Waals surface area contributed by atoms with Crippen LogP contribution < -0.4 is 10.2 Å². The van der Waals surface area contributed by atoms with Crippen LogP contribution in [0.5, 0.6) is 0 Å². The monoisotopic (exact) mass is 411 g/mol. The van der Waals surface area contributed by atoms with Gasteiger partial charge in [-0.2, -0.15) is 0 Å². The van der Waals surface area contributed by atoms with Crippen LogP contribution in [0.4, 0.5) is 17.1 Å². The summed E-state index contributed by atoms with van der Waals surface area (Å²) in [5.41, 5.74) is 1.40. The molecule has 0 aliphatic carbocycles. The van der Waals surface area contributed by atoms with Crippen LogP contribution in [-0.2, 0) is 4.79 Å². The number of para-hydroxylation sites is 1. The van der Waals surface area contributed by atoms with E-state index in [4.69, 9.17) is 0 Å². The Bertz CT molecular complexity index is 924. The van der Waals surface area contributed by atoms with Gasteiger partial charge in [-0.25, -0.2) is 0 Å². The summed E-state index contributed by atoms with van der Waals surface area (Å²) in [6.45, 7) is 2.29. The number of carbonyl (C=O) groups excluding carboxylic acids is 2. The molecule has 9 heteroatoms. The second-order valence-electron chi connectivity index (χ2n) is 7.34. The molecule has 1 saturated heterocycles. The van der Waals surface area contributed by atoms with Crippen LogP contribution in [0.15, 0.2) is 48.5 Å². The number of hydrogen-bond donors (Lipinski definition) is 1. The Labute approximate surface area is 175 Å². The van der Waals surface area contributed by atoms with Gasteiger partial charge in [0.15, 0.2) is 0 Å². The standard InChI is InChI=1S/C21H25N5O4/c1-23(2)18-9-8-16(14-19(18)26(29)30)21(28)25-12-10-24(11-13-25)15-20(27)22-17-6-4-3-5-7-17/h3-9,14H,10-13,15H2,1-2H3,(H,22,27). The molecule has 1 aliphatic heterocycles. The van der Waals surface area contributed by atoms with Gasteiger partial charge in [0, 0.05) is 57.6 Å². The minimum atomic E-state index is -0.477. The summed E-state index contributed by atoms with van der Waals surface area (Å²) in [4.78, 5) is 41.2. The molecule has 0 radical (unpaired) electrons. The first-order valence-electron chi connectivity index (χ1n) is 9.67. The van der Waals surface area contributed by atoms with Crippen molar-refractivity contribution in [2.45, 2.75) is 0 Å². The summed E-state index contributed by atoms with van der Waals surface area (Å²) in [7, 11) is 3.44. The third-order valence-electron chi connectivity index (χ3n) is 4.99. The van der Waals surface area contributed by atoms with Crippen LogP contribution in [-0.4, -0.2) is 73.4 Å². The lowest BCUT2D eigenvalue weighted by Crippen LogP contribution is -2.50. The molecular weight excluding hydrogens is 386 g/mol. The van der Waals surface area contributed by atoms with Gasteiger partial charge in [0.05, 0.1) is 11.5 Å². The first-order valence-corrected chi connectivity index (χ1v) is 9.67. The molecule has 0 atom stereocenters. The van der Waals surface area contributed by atoms with Crippen LogP contribution in [0.1, 0.15) is 10.4 Å². The molecule has 0 saturated carbocycles. The lowest BCUT2D eigenvalue weighted by Gasteiger charge is -2.34. The van der Waals surface area contributed by atoms with Gasteiger partial charge >= 0.3 is 0 Å². The molecular formula is C21H25N5O4. The SMILES string of the molecule is CN(C)c1ccc(C(=O)N2CCN(CC(=O)Nc3ccccc3)CC2)cc1[N+](=O)[O-]. The van der Waals surface area contributed by atoms with E-state index in [2.05, 4.69) is 5.32 Å². The van der Waals surface area contributed by atoms with E-state index in [-0.39, 0.29) is 24.0 Å². The molecule has 2 aromatic rings. The molecule has 158 valence electrons. The predicted molar refractivity (Wildman–Crippen MR) is 115 cm³/mol. The predicted octanol–water partition coefficient (Wildman–Crippen LogP) is 2.06. The third-order valence-corrected chi connectivity index (χ3v) is 4.99. The van der Waals surface area contributed by atoms with Crippen molar-refractivity contribution in [1.29, 1.82) is 0 Å². The number of nitrogens with zero attached hydrogens (tertiary/aromatic N) is 4. The van der Waals surface area contributed by atoms with Gasteiger partial charge in [-0.3, -0.25) is 24.6 Å². The van der Waals surface area contributed by atoms with Crippen molar-refractivity contribution in [2.75, 3.05) is 57.0 Å². The topological polar surface area (TPSA) is 99.0 Å². The van der Waals surface area contributed by atoms with E-state index in [1.54, 1.807) is 36.0 Å². The van der Waals surface area contributed by atoms with E-state index < -0.39 is 4.92 Å². The van der Waals surface area contributed by atoms with Gasteiger partial charge in [0.2, 0.25) is 5.91 Å². The average molecular weight is 411 g/mol. The quantitative estimate of drug-likeness (QED) is 0.577. The zero-order valence-electron chi connectivity index (χ0n) is 17.1. The van der Waals surface area contributed by atoms with Crippen molar-refractivity contribution in [3.63, 3.8) is 0 Å². The maximum absolute atomic E-state index is 12.8. The fraction of sp³-hybridized carbons (Fsp3) is 0.333. The van der Waals surface area contributed by atoms with Crippen molar-refractivity contribution < 1.29 is 14.5 Å². The largest absolute Gasteiger partial charge is 0.372 e. The molecule has 0 unspecified atom stereocenters. The Morgan fingerprint density at radius 2 is 1.73 bits per heavy atom. The second-order valence-corrected chi connectivity index (χ2v) is 7.34. The normalized spacial score (nSPS) is 14.3. The highest BCUT2D eigenvalue weighted by Gasteiger charge is 2.25. The van der Waals surface area contributed by atoms with Crippen molar-refractivity contribution in [3.8, 4) is 0 Å². The molecule has 0 aromatic heterocycles. The number of carbonyl (C=O) groups is 2. The summed E-state index contributed by atoms with van der Waals surface area (Å²) >= 11 is 0. The van der Waals surface area contributed by atoms with Crippen molar-refractivity contribution in [2.24, 2.45) is 0 Å². The lowest BCUT2D eigenvalue weighted by molar-refractivity contribution is -0.384. The molecule has 1 fully saturated rings. The first kappa shape index (κ1) is 21.3. The van der Waals surface area contributed by atoms with E-state index in [0.29, 0.717) is 37.4 Å². The summed E-state index contributed by atoms with van der Waals surface area (Å²) in [6.07, 6.45) is 0. The van der Waals surface area contributed by atoms with E-state index in [9.17, 15) is 19.7 Å². The van der Waals surface area contributed by atoms with Crippen LogP contribution in [0, 0.1) is 10.1 Å². The van der Waals surface area contributed by atoms with Gasteiger partial charge in [-0.1, -0.05) is 18.2 Å². The average Bonchev–Trinajstić information content (AvgIpc) is 2.74. The Balaban J connectivity index is 1.57. The molecule has 1 heterocycles. The zero-order chi connectivity index (χ0) is 21.7. The van der Waals surface area contributed by atoms with E-state index in [1.165, 1.54) is 6.07 Å². The van der Waals surface area contributed by atoms with E-state index >= 15 is 0 Å². The number of nitrogens with one attached hydrogen (secondary N) is 1. The van der Waals surface area contributed by atoms with Crippen molar-refractivity contribution >= 4 is 28.9 Å². The van der Waals surface area contributed by atoms with Gasteiger partial charge in [0.1, 0.15) is 5.69 Å². The Morgan fingerprint density at radius 1 is 1.07 bits per heavy atom. The van der Waals surface area contributed by atoms with Gasteiger partial charge in [-0.15, -0.1) is 0 Å². The summed E-state index contributed by atoms with van der Waals surface area (Å²) < 4.78 is 0. The maximum Gasteiger partial charge on any atom is 0.293 e. The van der Waals surface area contributed by atoms with E-state index in [1.807, 2.05) is 35.2 Å². The Morgan fingerprint density at radius 3 is 2.33 bits per heavy atom. The van der Waals surface area contributed by atoms with Gasteiger partial charge in [0.25, 0.3) is 11.6 Å². The Hall–Kier alpha value is -3.46. The second kappa shape index (κ2) is 9.36. The number of nitro benzene ring substituents is 1. The fourth-order valence-electron chi connectivity index (χ4n) is 3.40. The molecule has 0 spiro atoms. The number of piperazine rings is 1.